The lowest BCUT2D eigenvalue weighted by molar-refractivity contribution is -0.248. The van der Waals surface area contributed by atoms with Crippen molar-refractivity contribution in [3.63, 3.8) is 0 Å². The van der Waals surface area contributed by atoms with Gasteiger partial charge < -0.3 is 0 Å². The Hall–Kier alpha value is -3.50. The maximum atomic E-state index is 11.3. The average Bonchev–Trinajstić information content (AvgIpc) is 2.58. The van der Waals surface area contributed by atoms with E-state index in [-0.39, 0.29) is 0 Å². The van der Waals surface area contributed by atoms with Gasteiger partial charge in [0.15, 0.2) is 0 Å². The number of hydrogen-bond acceptors (Lipinski definition) is 4. The van der Waals surface area contributed by atoms with Gasteiger partial charge in [0.25, 0.3) is 0 Å². The van der Waals surface area contributed by atoms with Gasteiger partial charge >= 0.3 is 11.9 Å². The van der Waals surface area contributed by atoms with E-state index in [0.29, 0.717) is 11.1 Å². The summed E-state index contributed by atoms with van der Waals surface area (Å²) in [5, 5.41) is 0. The highest BCUT2D eigenvalue weighted by molar-refractivity contribution is 5.92. The molecule has 0 aliphatic heterocycles. The summed E-state index contributed by atoms with van der Waals surface area (Å²) in [4.78, 5) is 31.0. The van der Waals surface area contributed by atoms with Gasteiger partial charge in [-0.15, -0.1) is 0 Å². The van der Waals surface area contributed by atoms with Gasteiger partial charge in [-0.2, -0.15) is 0 Å². The van der Waals surface area contributed by atoms with E-state index in [0.717, 1.165) is 0 Å². The van der Waals surface area contributed by atoms with Crippen molar-refractivity contribution in [3.8, 4) is 23.7 Å². The van der Waals surface area contributed by atoms with Crippen LogP contribution in [-0.2, 0) is 19.4 Å². The quantitative estimate of drug-likeness (QED) is 0.423. The molecule has 2 aromatic rings. The molecule has 0 heterocycles. The van der Waals surface area contributed by atoms with E-state index in [1.807, 2.05) is 12.1 Å². The van der Waals surface area contributed by atoms with Crippen molar-refractivity contribution < 1.29 is 19.4 Å². The minimum Gasteiger partial charge on any atom is -0.231 e. The summed E-state index contributed by atoms with van der Waals surface area (Å²) in [6.45, 7) is 0. The second kappa shape index (κ2) is 7.94. The Balaban J connectivity index is 1.83. The van der Waals surface area contributed by atoms with Crippen LogP contribution in [0, 0.1) is 23.7 Å². The van der Waals surface area contributed by atoms with Crippen LogP contribution in [-0.4, -0.2) is 11.9 Å². The molecule has 0 atom stereocenters. The maximum Gasteiger partial charge on any atom is 0.430 e. The SMILES string of the molecule is O=C(C#Cc1ccccc1)OOC(=O)C#Cc1ccccc1. The zero-order valence-corrected chi connectivity index (χ0v) is 11.4. The fourth-order valence-electron chi connectivity index (χ4n) is 1.41. The summed E-state index contributed by atoms with van der Waals surface area (Å²) in [6, 6.07) is 17.7. The first-order chi connectivity index (χ1) is 10.7. The van der Waals surface area contributed by atoms with Crippen LogP contribution in [0.25, 0.3) is 0 Å². The predicted octanol–water partition coefficient (Wildman–Crippen LogP) is 2.09. The normalized spacial score (nSPS) is 8.55. The van der Waals surface area contributed by atoms with Crippen molar-refractivity contribution in [1.29, 1.82) is 0 Å². The summed E-state index contributed by atoms with van der Waals surface area (Å²) >= 11 is 0. The van der Waals surface area contributed by atoms with Gasteiger partial charge in [0.1, 0.15) is 0 Å². The third-order valence-electron chi connectivity index (χ3n) is 2.36. The van der Waals surface area contributed by atoms with Crippen LogP contribution in [0.2, 0.25) is 0 Å². The number of benzene rings is 2. The van der Waals surface area contributed by atoms with Gasteiger partial charge in [-0.25, -0.2) is 19.4 Å². The van der Waals surface area contributed by atoms with E-state index in [9.17, 15) is 9.59 Å². The third-order valence-corrected chi connectivity index (χ3v) is 2.36. The molecule has 0 aromatic heterocycles. The largest absolute Gasteiger partial charge is 0.430 e. The second-order valence-corrected chi connectivity index (χ2v) is 3.97. The van der Waals surface area contributed by atoms with Crippen LogP contribution in [0.15, 0.2) is 60.7 Å². The van der Waals surface area contributed by atoms with Crippen molar-refractivity contribution in [3.05, 3.63) is 71.8 Å². The Labute approximate surface area is 127 Å². The van der Waals surface area contributed by atoms with E-state index in [1.165, 1.54) is 0 Å². The first kappa shape index (κ1) is 14.9. The first-order valence-corrected chi connectivity index (χ1v) is 6.30. The average molecular weight is 290 g/mol. The first-order valence-electron chi connectivity index (χ1n) is 6.30. The monoisotopic (exact) mass is 290 g/mol. The summed E-state index contributed by atoms with van der Waals surface area (Å²) in [6.07, 6.45) is 0. The van der Waals surface area contributed by atoms with Crippen LogP contribution in [0.5, 0.6) is 0 Å². The van der Waals surface area contributed by atoms with Gasteiger partial charge in [0.05, 0.1) is 0 Å². The van der Waals surface area contributed by atoms with Gasteiger partial charge in [0, 0.05) is 23.0 Å². The lowest BCUT2D eigenvalue weighted by atomic mass is 10.2. The van der Waals surface area contributed by atoms with Crippen molar-refractivity contribution in [1.82, 2.24) is 0 Å². The van der Waals surface area contributed by atoms with E-state index in [2.05, 4.69) is 33.5 Å². The molecule has 106 valence electrons. The molecule has 0 amide bonds. The Bertz CT molecular complexity index is 702. The molecule has 0 fully saturated rings. The summed E-state index contributed by atoms with van der Waals surface area (Å²) in [7, 11) is 0. The van der Waals surface area contributed by atoms with Crippen LogP contribution in [0.4, 0.5) is 0 Å². The van der Waals surface area contributed by atoms with Gasteiger partial charge in [0.2, 0.25) is 0 Å². The topological polar surface area (TPSA) is 52.6 Å². The Morgan fingerprint density at radius 2 is 1.00 bits per heavy atom. The predicted molar refractivity (Wildman–Crippen MR) is 78.8 cm³/mol. The van der Waals surface area contributed by atoms with Gasteiger partial charge in [-0.3, -0.25) is 0 Å². The number of hydrogen-bond donors (Lipinski definition) is 0. The lowest BCUT2D eigenvalue weighted by Gasteiger charge is -1.93. The van der Waals surface area contributed by atoms with E-state index in [4.69, 9.17) is 0 Å². The van der Waals surface area contributed by atoms with Crippen LogP contribution < -0.4 is 0 Å². The molecule has 0 spiro atoms. The third kappa shape index (κ3) is 5.24. The molecular formula is C18H10O4. The molecule has 0 bridgehead atoms. The smallest absolute Gasteiger partial charge is 0.231 e. The minimum absolute atomic E-state index is 0.648. The molecule has 22 heavy (non-hydrogen) atoms. The molecule has 0 radical (unpaired) electrons. The summed E-state index contributed by atoms with van der Waals surface area (Å²) in [5.41, 5.74) is 1.30. The lowest BCUT2D eigenvalue weighted by Crippen LogP contribution is -2.07. The highest BCUT2D eigenvalue weighted by atomic mass is 17.2. The number of carbonyl (C=O) groups is 2. The molecule has 0 aliphatic rings. The van der Waals surface area contributed by atoms with Crippen molar-refractivity contribution >= 4 is 11.9 Å². The fraction of sp³-hybridized carbons (Fsp3) is 0. The van der Waals surface area contributed by atoms with Gasteiger partial charge in [-0.05, 0) is 24.3 Å². The Morgan fingerprint density at radius 3 is 1.36 bits per heavy atom. The maximum absolute atomic E-state index is 11.3. The van der Waals surface area contributed by atoms with E-state index < -0.39 is 11.9 Å². The number of rotatable bonds is 0. The van der Waals surface area contributed by atoms with E-state index in [1.54, 1.807) is 48.5 Å². The molecule has 0 saturated heterocycles. The van der Waals surface area contributed by atoms with Crippen molar-refractivity contribution in [2.24, 2.45) is 0 Å². The van der Waals surface area contributed by atoms with Crippen LogP contribution in [0.1, 0.15) is 11.1 Å². The Kier molecular flexibility index (Phi) is 5.38. The zero-order valence-electron chi connectivity index (χ0n) is 11.4. The number of carbonyl (C=O) groups excluding carboxylic acids is 2. The fourth-order valence-corrected chi connectivity index (χ4v) is 1.41. The second-order valence-electron chi connectivity index (χ2n) is 3.97. The van der Waals surface area contributed by atoms with Crippen molar-refractivity contribution in [2.75, 3.05) is 0 Å². The molecule has 4 nitrogen and oxygen atoms in total. The van der Waals surface area contributed by atoms with E-state index >= 15 is 0 Å². The molecule has 4 heteroatoms. The van der Waals surface area contributed by atoms with Crippen molar-refractivity contribution in [2.45, 2.75) is 0 Å². The Morgan fingerprint density at radius 1 is 0.636 bits per heavy atom. The minimum atomic E-state index is -0.973. The van der Waals surface area contributed by atoms with Crippen LogP contribution >= 0.6 is 0 Å². The standard InChI is InChI=1S/C18H10O4/c19-17(13-11-15-7-3-1-4-8-15)21-22-18(20)14-12-16-9-5-2-6-10-16/h1-10H. The summed E-state index contributed by atoms with van der Waals surface area (Å²) < 4.78 is 0. The highest BCUT2D eigenvalue weighted by Crippen LogP contribution is 1.96. The molecule has 2 rings (SSSR count). The molecular weight excluding hydrogens is 280 g/mol. The zero-order chi connectivity index (χ0) is 15.6. The molecule has 0 aliphatic carbocycles. The molecule has 2 aromatic carbocycles. The molecule has 0 saturated carbocycles. The summed E-state index contributed by atoms with van der Waals surface area (Å²) in [5.74, 6) is 7.58. The highest BCUT2D eigenvalue weighted by Gasteiger charge is 2.03. The molecule has 0 unspecified atom stereocenters. The van der Waals surface area contributed by atoms with Crippen LogP contribution in [0.3, 0.4) is 0 Å². The van der Waals surface area contributed by atoms with Gasteiger partial charge in [-0.1, -0.05) is 48.2 Å². The molecule has 0 N–H and O–H groups in total.